The van der Waals surface area contributed by atoms with Crippen molar-refractivity contribution in [3.05, 3.63) is 64.7 Å². The highest BCUT2D eigenvalue weighted by molar-refractivity contribution is 6.05. The van der Waals surface area contributed by atoms with Crippen LogP contribution in [0.4, 0.5) is 0 Å². The highest BCUT2D eigenvalue weighted by Crippen LogP contribution is 2.34. The van der Waals surface area contributed by atoms with Gasteiger partial charge in [0.2, 0.25) is 11.8 Å². The molecule has 0 aliphatic carbocycles. The fourth-order valence-corrected chi connectivity index (χ4v) is 5.40. The van der Waals surface area contributed by atoms with E-state index in [4.69, 9.17) is 4.74 Å². The van der Waals surface area contributed by atoms with E-state index in [0.29, 0.717) is 29.8 Å². The van der Waals surface area contributed by atoms with E-state index in [1.54, 1.807) is 24.3 Å². The van der Waals surface area contributed by atoms with Gasteiger partial charge in [0.25, 0.3) is 11.8 Å². The van der Waals surface area contributed by atoms with Crippen molar-refractivity contribution in [2.75, 3.05) is 26.2 Å². The van der Waals surface area contributed by atoms with Gasteiger partial charge in [-0.1, -0.05) is 24.6 Å². The third-order valence-corrected chi connectivity index (χ3v) is 7.53. The summed E-state index contributed by atoms with van der Waals surface area (Å²) in [6.07, 6.45) is 5.35. The number of imide groups is 1. The Morgan fingerprint density at radius 3 is 2.58 bits per heavy atom. The van der Waals surface area contributed by atoms with Crippen LogP contribution in [-0.4, -0.2) is 65.6 Å². The molecule has 0 spiro atoms. The molecule has 2 aromatic carbocycles. The summed E-state index contributed by atoms with van der Waals surface area (Å²) >= 11 is 0. The summed E-state index contributed by atoms with van der Waals surface area (Å²) in [5.74, 6) is -0.469. The number of rotatable bonds is 9. The molecule has 200 valence electrons. The maximum atomic E-state index is 13.0. The van der Waals surface area contributed by atoms with Crippen molar-refractivity contribution in [2.24, 2.45) is 0 Å². The Morgan fingerprint density at radius 1 is 1.03 bits per heavy atom. The molecule has 9 heteroatoms. The Hall–Kier alpha value is -3.72. The normalized spacial score (nSPS) is 19.7. The van der Waals surface area contributed by atoms with Crippen LogP contribution in [0, 0.1) is 0 Å². The third-order valence-electron chi connectivity index (χ3n) is 7.53. The second-order valence-electron chi connectivity index (χ2n) is 10.2. The van der Waals surface area contributed by atoms with Gasteiger partial charge >= 0.3 is 0 Å². The summed E-state index contributed by atoms with van der Waals surface area (Å²) in [4.78, 5) is 53.3. The zero-order chi connectivity index (χ0) is 26.5. The summed E-state index contributed by atoms with van der Waals surface area (Å²) in [6.45, 7) is 4.55. The Kier molecular flexibility index (Phi) is 8.03. The maximum Gasteiger partial charge on any atom is 0.255 e. The molecule has 5 rings (SSSR count). The molecule has 3 heterocycles. The Balaban J connectivity index is 1.13. The van der Waals surface area contributed by atoms with Crippen LogP contribution >= 0.6 is 0 Å². The minimum atomic E-state index is -0.663. The fraction of sp³-hybridized carbons (Fsp3) is 0.448. The number of amides is 4. The van der Waals surface area contributed by atoms with Crippen LogP contribution in [0.15, 0.2) is 42.5 Å². The topological polar surface area (TPSA) is 108 Å². The van der Waals surface area contributed by atoms with Crippen molar-refractivity contribution in [2.45, 2.75) is 57.7 Å². The highest BCUT2D eigenvalue weighted by Gasteiger charge is 2.40. The van der Waals surface area contributed by atoms with Crippen LogP contribution in [0.1, 0.15) is 70.4 Å². The largest absolute Gasteiger partial charge is 0.489 e. The van der Waals surface area contributed by atoms with Crippen molar-refractivity contribution in [3.8, 4) is 5.75 Å². The molecule has 0 aromatic heterocycles. The number of ether oxygens (including phenoxy) is 1. The first kappa shape index (κ1) is 25.9. The molecule has 1 atom stereocenters. The van der Waals surface area contributed by atoms with Crippen molar-refractivity contribution in [1.29, 1.82) is 0 Å². The third kappa shape index (κ3) is 5.88. The number of nitrogens with one attached hydrogen (secondary N) is 2. The first-order chi connectivity index (χ1) is 18.5. The van der Waals surface area contributed by atoms with E-state index in [9.17, 15) is 19.2 Å². The monoisotopic (exact) mass is 518 g/mol. The lowest BCUT2D eigenvalue weighted by atomic mass is 10.0. The van der Waals surface area contributed by atoms with Gasteiger partial charge in [0, 0.05) is 29.7 Å². The van der Waals surface area contributed by atoms with Crippen LogP contribution < -0.4 is 15.4 Å². The van der Waals surface area contributed by atoms with Crippen LogP contribution in [0.25, 0.3) is 0 Å². The molecule has 1 unspecified atom stereocenters. The van der Waals surface area contributed by atoms with E-state index >= 15 is 0 Å². The Morgan fingerprint density at radius 2 is 1.82 bits per heavy atom. The lowest BCUT2D eigenvalue weighted by Crippen LogP contribution is -2.52. The number of benzene rings is 2. The number of piperidine rings is 2. The van der Waals surface area contributed by atoms with Gasteiger partial charge in [0.05, 0.1) is 6.54 Å². The molecule has 2 fully saturated rings. The molecule has 0 saturated carbocycles. The summed E-state index contributed by atoms with van der Waals surface area (Å²) in [5.41, 5.74) is 2.76. The first-order valence-electron chi connectivity index (χ1n) is 13.5. The van der Waals surface area contributed by atoms with Crippen molar-refractivity contribution >= 4 is 23.6 Å². The predicted octanol–water partition coefficient (Wildman–Crippen LogP) is 2.63. The molecule has 2 aromatic rings. The van der Waals surface area contributed by atoms with Crippen LogP contribution in [0.5, 0.6) is 5.75 Å². The average Bonchev–Trinajstić information content (AvgIpc) is 3.27. The quantitative estimate of drug-likeness (QED) is 0.390. The maximum absolute atomic E-state index is 13.0. The van der Waals surface area contributed by atoms with Crippen LogP contribution in [-0.2, 0) is 22.7 Å². The van der Waals surface area contributed by atoms with E-state index in [-0.39, 0.29) is 37.3 Å². The fourth-order valence-electron chi connectivity index (χ4n) is 5.40. The van der Waals surface area contributed by atoms with Gasteiger partial charge in [0.1, 0.15) is 18.4 Å². The molecule has 0 bridgehead atoms. The molecule has 3 aliphatic heterocycles. The van der Waals surface area contributed by atoms with Gasteiger partial charge in [-0.3, -0.25) is 24.5 Å². The molecule has 0 radical (unpaired) electrons. The minimum absolute atomic E-state index is 0.0796. The number of nitrogens with zero attached hydrogens (tertiary/aromatic N) is 2. The minimum Gasteiger partial charge on any atom is -0.489 e. The SMILES string of the molecule is O=C1CCC(N2Cc3c(OCc4ccc(C(=O)NCCCN5CCCCC5)cc4)cccc3C2=O)C(=O)N1. The number of hydrogen-bond donors (Lipinski definition) is 2. The van der Waals surface area contributed by atoms with Crippen molar-refractivity contribution < 1.29 is 23.9 Å². The zero-order valence-electron chi connectivity index (χ0n) is 21.5. The smallest absolute Gasteiger partial charge is 0.255 e. The molecule has 4 amide bonds. The van der Waals surface area contributed by atoms with E-state index in [1.807, 2.05) is 18.2 Å². The van der Waals surface area contributed by atoms with Crippen molar-refractivity contribution in [1.82, 2.24) is 20.4 Å². The number of likely N-dealkylation sites (tertiary alicyclic amines) is 1. The zero-order valence-corrected chi connectivity index (χ0v) is 21.5. The molecule has 38 heavy (non-hydrogen) atoms. The lowest BCUT2D eigenvalue weighted by Gasteiger charge is -2.29. The van der Waals surface area contributed by atoms with E-state index < -0.39 is 11.9 Å². The van der Waals surface area contributed by atoms with Gasteiger partial charge in [0.15, 0.2) is 0 Å². The standard InChI is InChI=1S/C29H34N4O5/c34-26-13-12-24(28(36)31-26)33-18-23-22(29(33)37)6-4-7-25(23)38-19-20-8-10-21(11-9-20)27(35)30-14-5-17-32-15-2-1-3-16-32/h4,6-11,24H,1-3,5,12-19H2,(H,30,35)(H,31,34,36). The van der Waals surface area contributed by atoms with E-state index in [2.05, 4.69) is 15.5 Å². The first-order valence-corrected chi connectivity index (χ1v) is 13.5. The highest BCUT2D eigenvalue weighted by atomic mass is 16.5. The molecule has 3 aliphatic rings. The summed E-state index contributed by atoms with van der Waals surface area (Å²) in [7, 11) is 0. The van der Waals surface area contributed by atoms with E-state index in [1.165, 1.54) is 24.2 Å². The summed E-state index contributed by atoms with van der Waals surface area (Å²) in [5, 5.41) is 5.33. The van der Waals surface area contributed by atoms with Gasteiger partial charge < -0.3 is 19.9 Å². The molecule has 2 N–H and O–H groups in total. The van der Waals surface area contributed by atoms with E-state index in [0.717, 1.165) is 37.2 Å². The van der Waals surface area contributed by atoms with Gasteiger partial charge in [-0.25, -0.2) is 0 Å². The number of carbonyl (C=O) groups excluding carboxylic acids is 4. The molecular formula is C29H34N4O5. The lowest BCUT2D eigenvalue weighted by molar-refractivity contribution is -0.136. The molecular weight excluding hydrogens is 484 g/mol. The predicted molar refractivity (Wildman–Crippen MR) is 141 cm³/mol. The second kappa shape index (κ2) is 11.8. The number of hydrogen-bond acceptors (Lipinski definition) is 6. The van der Waals surface area contributed by atoms with Crippen LogP contribution in [0.3, 0.4) is 0 Å². The average molecular weight is 519 g/mol. The summed E-state index contributed by atoms with van der Waals surface area (Å²) < 4.78 is 6.06. The second-order valence-corrected chi connectivity index (χ2v) is 10.2. The molecule has 2 saturated heterocycles. The Bertz CT molecular complexity index is 1210. The Labute approximate surface area is 222 Å². The summed E-state index contributed by atoms with van der Waals surface area (Å²) in [6, 6.07) is 12.0. The van der Waals surface area contributed by atoms with Gasteiger partial charge in [-0.15, -0.1) is 0 Å². The van der Waals surface area contributed by atoms with Crippen molar-refractivity contribution in [3.63, 3.8) is 0 Å². The van der Waals surface area contributed by atoms with Crippen LogP contribution in [0.2, 0.25) is 0 Å². The van der Waals surface area contributed by atoms with Gasteiger partial charge in [-0.05, 0) is 75.1 Å². The number of fused-ring (bicyclic) bond motifs is 1. The molecule has 9 nitrogen and oxygen atoms in total. The number of carbonyl (C=O) groups is 4. The van der Waals surface area contributed by atoms with Gasteiger partial charge in [-0.2, -0.15) is 0 Å².